The molecule has 6 unspecified atom stereocenters. The molecule has 5 rings (SSSR count). The predicted molar refractivity (Wildman–Crippen MR) is 128 cm³/mol. The second-order valence-corrected chi connectivity index (χ2v) is 13.9. The van der Waals surface area contributed by atoms with Gasteiger partial charge in [-0.3, -0.25) is 9.59 Å². The molecule has 180 valence electrons. The van der Waals surface area contributed by atoms with Gasteiger partial charge in [0, 0.05) is 23.9 Å². The van der Waals surface area contributed by atoms with E-state index in [1.807, 2.05) is 0 Å². The van der Waals surface area contributed by atoms with E-state index in [0.717, 1.165) is 50.4 Å². The first-order valence-electron chi connectivity index (χ1n) is 13.5. The van der Waals surface area contributed by atoms with Crippen LogP contribution in [0.2, 0.25) is 0 Å². The van der Waals surface area contributed by atoms with Gasteiger partial charge in [-0.05, 0) is 97.7 Å². The van der Waals surface area contributed by atoms with Crippen LogP contribution in [0.5, 0.6) is 0 Å². The molecule has 2 amide bonds. The summed E-state index contributed by atoms with van der Waals surface area (Å²) in [6.07, 6.45) is 10.8. The molecule has 5 fully saturated rings. The number of nitrogens with one attached hydrogen (secondary N) is 2. The van der Waals surface area contributed by atoms with Gasteiger partial charge in [-0.15, -0.1) is 0 Å². The molecule has 5 aliphatic rings. The van der Waals surface area contributed by atoms with Crippen LogP contribution < -0.4 is 10.6 Å². The molecular weight excluding hydrogens is 396 g/mol. The molecule has 5 aliphatic carbocycles. The van der Waals surface area contributed by atoms with Gasteiger partial charge in [-0.25, -0.2) is 0 Å². The van der Waals surface area contributed by atoms with Crippen LogP contribution in [0, 0.1) is 45.3 Å². The summed E-state index contributed by atoms with van der Waals surface area (Å²) >= 11 is 0. The minimum absolute atomic E-state index is 0.0869. The summed E-state index contributed by atoms with van der Waals surface area (Å²) in [7, 11) is 0. The van der Waals surface area contributed by atoms with Gasteiger partial charge < -0.3 is 10.6 Å². The van der Waals surface area contributed by atoms with Crippen LogP contribution in [0.15, 0.2) is 0 Å². The summed E-state index contributed by atoms with van der Waals surface area (Å²) in [5, 5.41) is 6.94. The average Bonchev–Trinajstić information content (AvgIpc) is 3.26. The van der Waals surface area contributed by atoms with Gasteiger partial charge in [0.05, 0.1) is 0 Å². The summed E-state index contributed by atoms with van der Waals surface area (Å²) < 4.78 is 0. The molecule has 0 aromatic heterocycles. The smallest absolute Gasteiger partial charge is 0.223 e. The van der Waals surface area contributed by atoms with E-state index in [2.05, 4.69) is 52.2 Å². The molecule has 0 aliphatic heterocycles. The number of rotatable bonds is 4. The highest BCUT2D eigenvalue weighted by atomic mass is 16.2. The van der Waals surface area contributed by atoms with Crippen molar-refractivity contribution < 1.29 is 9.59 Å². The topological polar surface area (TPSA) is 58.2 Å². The van der Waals surface area contributed by atoms with Crippen molar-refractivity contribution in [1.29, 1.82) is 0 Å². The van der Waals surface area contributed by atoms with Crippen LogP contribution in [0.25, 0.3) is 0 Å². The Morgan fingerprint density at radius 3 is 1.19 bits per heavy atom. The number of fused-ring (bicyclic) bond motifs is 4. The van der Waals surface area contributed by atoms with Gasteiger partial charge in [0.25, 0.3) is 0 Å². The highest BCUT2D eigenvalue weighted by Crippen LogP contribution is 2.66. The highest BCUT2D eigenvalue weighted by Gasteiger charge is 2.62. The molecule has 0 aromatic carbocycles. The summed E-state index contributed by atoms with van der Waals surface area (Å²) in [5.41, 5.74) is 1.11. The van der Waals surface area contributed by atoms with Crippen molar-refractivity contribution >= 4 is 11.8 Å². The third-order valence-electron chi connectivity index (χ3n) is 12.7. The van der Waals surface area contributed by atoms with Crippen LogP contribution in [0.3, 0.4) is 0 Å². The second kappa shape index (κ2) is 7.22. The van der Waals surface area contributed by atoms with Crippen molar-refractivity contribution in [3.05, 3.63) is 0 Å². The molecule has 4 bridgehead atoms. The van der Waals surface area contributed by atoms with E-state index >= 15 is 0 Å². The maximum atomic E-state index is 13.1. The number of amides is 2. The molecule has 0 aromatic rings. The maximum Gasteiger partial charge on any atom is 0.223 e. The van der Waals surface area contributed by atoms with Gasteiger partial charge in [0.15, 0.2) is 0 Å². The summed E-state index contributed by atoms with van der Waals surface area (Å²) in [5.74, 6) is 2.17. The van der Waals surface area contributed by atoms with Gasteiger partial charge in [0.1, 0.15) is 0 Å². The fourth-order valence-electron chi connectivity index (χ4n) is 9.04. The minimum atomic E-state index is 0.0869. The maximum absolute atomic E-state index is 13.1. The zero-order chi connectivity index (χ0) is 23.1. The standard InChI is InChI=1S/C28H46N2O2/c1-25(2)19-11-13-27(25,5)21(15-19)29-23(31)17-7-9-18(10-8-17)24(32)30-22-16-20-12-14-28(22,6)26(20,3)4/h17-22H,7-16H2,1-6H3,(H,29,31)(H,30,32). The van der Waals surface area contributed by atoms with Crippen LogP contribution in [0.4, 0.5) is 0 Å². The van der Waals surface area contributed by atoms with Crippen molar-refractivity contribution in [3.63, 3.8) is 0 Å². The van der Waals surface area contributed by atoms with E-state index in [4.69, 9.17) is 0 Å². The highest BCUT2D eigenvalue weighted by molar-refractivity contribution is 5.81. The van der Waals surface area contributed by atoms with E-state index in [1.165, 1.54) is 25.7 Å². The van der Waals surface area contributed by atoms with Gasteiger partial charge in [-0.1, -0.05) is 41.5 Å². The molecule has 0 heterocycles. The van der Waals surface area contributed by atoms with E-state index in [1.54, 1.807) is 0 Å². The average molecular weight is 443 g/mol. The van der Waals surface area contributed by atoms with Crippen molar-refractivity contribution in [3.8, 4) is 0 Å². The third kappa shape index (κ3) is 2.99. The Morgan fingerprint density at radius 1 is 0.594 bits per heavy atom. The first-order valence-corrected chi connectivity index (χ1v) is 13.5. The van der Waals surface area contributed by atoms with Gasteiger partial charge in [-0.2, -0.15) is 0 Å². The Morgan fingerprint density at radius 2 is 0.938 bits per heavy atom. The molecule has 5 saturated carbocycles. The summed E-state index contributed by atoms with van der Waals surface area (Å²) in [6, 6.07) is 0.651. The van der Waals surface area contributed by atoms with Gasteiger partial charge >= 0.3 is 0 Å². The molecule has 32 heavy (non-hydrogen) atoms. The quantitative estimate of drug-likeness (QED) is 0.608. The Hall–Kier alpha value is -1.06. The lowest BCUT2D eigenvalue weighted by Crippen LogP contribution is -2.50. The van der Waals surface area contributed by atoms with Crippen molar-refractivity contribution in [2.75, 3.05) is 0 Å². The zero-order valence-electron chi connectivity index (χ0n) is 21.4. The Kier molecular flexibility index (Phi) is 5.12. The fourth-order valence-corrected chi connectivity index (χ4v) is 9.04. The molecule has 0 saturated heterocycles. The summed E-state index contributed by atoms with van der Waals surface area (Å²) in [4.78, 5) is 26.3. The van der Waals surface area contributed by atoms with E-state index in [9.17, 15) is 9.59 Å². The third-order valence-corrected chi connectivity index (χ3v) is 12.7. The molecule has 0 radical (unpaired) electrons. The van der Waals surface area contributed by atoms with Crippen LogP contribution in [0.1, 0.15) is 106 Å². The largest absolute Gasteiger partial charge is 0.353 e. The number of carbonyl (C=O) groups excluding carboxylic acids is 2. The molecule has 4 nitrogen and oxygen atoms in total. The predicted octanol–water partition coefficient (Wildman–Crippen LogP) is 5.45. The number of carbonyl (C=O) groups is 2. The fraction of sp³-hybridized carbons (Fsp3) is 0.929. The lowest BCUT2D eigenvalue weighted by Gasteiger charge is -2.41. The Bertz CT molecular complexity index is 729. The molecule has 0 spiro atoms. The number of hydrogen-bond donors (Lipinski definition) is 2. The van der Waals surface area contributed by atoms with Crippen LogP contribution in [-0.2, 0) is 9.59 Å². The van der Waals surface area contributed by atoms with Crippen molar-refractivity contribution in [2.24, 2.45) is 45.3 Å². The Labute approximate surface area is 195 Å². The van der Waals surface area contributed by atoms with E-state index in [-0.39, 0.29) is 34.5 Å². The molecule has 2 N–H and O–H groups in total. The van der Waals surface area contributed by atoms with Crippen LogP contribution in [-0.4, -0.2) is 23.9 Å². The van der Waals surface area contributed by atoms with Crippen molar-refractivity contribution in [2.45, 2.75) is 118 Å². The first-order chi connectivity index (χ1) is 14.9. The molecule has 4 heteroatoms. The lowest BCUT2D eigenvalue weighted by atomic mass is 9.69. The first kappa shape index (κ1) is 22.7. The normalized spacial score (nSPS) is 48.1. The Balaban J connectivity index is 1.13. The zero-order valence-corrected chi connectivity index (χ0v) is 21.4. The van der Waals surface area contributed by atoms with Crippen molar-refractivity contribution in [1.82, 2.24) is 10.6 Å². The van der Waals surface area contributed by atoms with E-state index < -0.39 is 0 Å². The van der Waals surface area contributed by atoms with Crippen LogP contribution >= 0.6 is 0 Å². The van der Waals surface area contributed by atoms with Gasteiger partial charge in [0.2, 0.25) is 11.8 Å². The molecular formula is C28H46N2O2. The minimum Gasteiger partial charge on any atom is -0.353 e. The SMILES string of the molecule is CC1(C)C2CCC1(C)C(NC(=O)C1CCC(C(=O)NC3CC4CCC3(C)C4(C)C)CC1)C2. The molecule has 6 atom stereocenters. The summed E-state index contributed by atoms with van der Waals surface area (Å²) in [6.45, 7) is 14.4. The second-order valence-electron chi connectivity index (χ2n) is 13.9. The lowest BCUT2D eigenvalue weighted by molar-refractivity contribution is -0.132. The van der Waals surface area contributed by atoms with E-state index in [0.29, 0.717) is 22.9 Å². The monoisotopic (exact) mass is 442 g/mol. The number of hydrogen-bond acceptors (Lipinski definition) is 2.